The minimum absolute atomic E-state index is 0.563. The third-order valence-corrected chi connectivity index (χ3v) is 6.44. The van der Waals surface area contributed by atoms with Gasteiger partial charge in [0.15, 0.2) is 11.5 Å². The summed E-state index contributed by atoms with van der Waals surface area (Å²) < 4.78 is 22.5. The molecule has 4 aromatic rings. The minimum Gasteiger partial charge on any atom is -0.497 e. The third kappa shape index (κ3) is 5.11. The second kappa shape index (κ2) is 10.5. The first-order valence-corrected chi connectivity index (χ1v) is 12.2. The molecule has 0 N–H and O–H groups in total. The van der Waals surface area contributed by atoms with Crippen molar-refractivity contribution >= 4 is 16.7 Å². The fraction of sp³-hybridized carbons (Fsp3) is 0.310. The van der Waals surface area contributed by atoms with Gasteiger partial charge < -0.3 is 28.7 Å². The van der Waals surface area contributed by atoms with E-state index in [4.69, 9.17) is 28.9 Å². The van der Waals surface area contributed by atoms with E-state index in [-0.39, 0.29) is 0 Å². The van der Waals surface area contributed by atoms with E-state index >= 15 is 0 Å². The van der Waals surface area contributed by atoms with Crippen molar-refractivity contribution in [2.45, 2.75) is 13.1 Å². The Hall–Kier alpha value is -4.04. The topological polar surface area (TPSA) is 69.2 Å². The maximum absolute atomic E-state index is 6.16. The Labute approximate surface area is 217 Å². The molecule has 8 nitrogen and oxygen atoms in total. The molecule has 1 aliphatic heterocycles. The predicted molar refractivity (Wildman–Crippen MR) is 145 cm³/mol. The SMILES string of the molecule is COc1ccc2c(N3CCOc4ccc(-c5ccc(OC)c(OC)c5)cc4C3)nc(CN(C)C)nc2c1. The van der Waals surface area contributed by atoms with Crippen molar-refractivity contribution in [2.75, 3.05) is 53.5 Å². The minimum atomic E-state index is 0.563. The number of hydrogen-bond acceptors (Lipinski definition) is 8. The third-order valence-electron chi connectivity index (χ3n) is 6.44. The normalized spacial score (nSPS) is 13.2. The fourth-order valence-corrected chi connectivity index (χ4v) is 4.63. The number of rotatable bonds is 7. The van der Waals surface area contributed by atoms with Crippen LogP contribution in [0, 0.1) is 0 Å². The molecular formula is C29H32N4O4. The average Bonchev–Trinajstić information content (AvgIpc) is 3.13. The summed E-state index contributed by atoms with van der Waals surface area (Å²) >= 11 is 0. The maximum Gasteiger partial charge on any atom is 0.161 e. The lowest BCUT2D eigenvalue weighted by Gasteiger charge is -2.24. The first kappa shape index (κ1) is 24.6. The molecule has 5 rings (SSSR count). The molecule has 0 radical (unpaired) electrons. The number of hydrogen-bond donors (Lipinski definition) is 0. The molecule has 0 amide bonds. The first-order chi connectivity index (χ1) is 18.0. The van der Waals surface area contributed by atoms with Crippen molar-refractivity contribution in [3.05, 3.63) is 66.0 Å². The van der Waals surface area contributed by atoms with E-state index < -0.39 is 0 Å². The van der Waals surface area contributed by atoms with Gasteiger partial charge in [-0.25, -0.2) is 9.97 Å². The molecule has 0 unspecified atom stereocenters. The highest BCUT2D eigenvalue weighted by Crippen LogP contribution is 2.36. The number of ether oxygens (including phenoxy) is 4. The van der Waals surface area contributed by atoms with Crippen LogP contribution in [-0.2, 0) is 13.1 Å². The van der Waals surface area contributed by atoms with Crippen LogP contribution in [0.25, 0.3) is 22.0 Å². The van der Waals surface area contributed by atoms with Gasteiger partial charge in [-0.2, -0.15) is 0 Å². The van der Waals surface area contributed by atoms with Gasteiger partial charge in [-0.1, -0.05) is 12.1 Å². The van der Waals surface area contributed by atoms with Crippen LogP contribution in [-0.4, -0.2) is 63.4 Å². The first-order valence-electron chi connectivity index (χ1n) is 12.2. The molecule has 0 aliphatic carbocycles. The number of fused-ring (bicyclic) bond motifs is 2. The Balaban J connectivity index is 1.55. The summed E-state index contributed by atoms with van der Waals surface area (Å²) in [5.41, 5.74) is 4.09. The van der Waals surface area contributed by atoms with E-state index in [2.05, 4.69) is 21.9 Å². The summed E-state index contributed by atoms with van der Waals surface area (Å²) in [4.78, 5) is 14.2. The molecule has 3 aromatic carbocycles. The van der Waals surface area contributed by atoms with Gasteiger partial charge in [0.1, 0.15) is 29.7 Å². The number of benzene rings is 3. The van der Waals surface area contributed by atoms with Gasteiger partial charge in [-0.15, -0.1) is 0 Å². The fourth-order valence-electron chi connectivity index (χ4n) is 4.63. The van der Waals surface area contributed by atoms with E-state index in [9.17, 15) is 0 Å². The molecule has 37 heavy (non-hydrogen) atoms. The van der Waals surface area contributed by atoms with Crippen LogP contribution in [0.2, 0.25) is 0 Å². The molecule has 192 valence electrons. The number of methoxy groups -OCH3 is 3. The molecule has 0 fully saturated rings. The molecule has 0 spiro atoms. The Morgan fingerprint density at radius 1 is 0.865 bits per heavy atom. The summed E-state index contributed by atoms with van der Waals surface area (Å²) in [7, 11) is 9.00. The number of nitrogens with zero attached hydrogens (tertiary/aromatic N) is 4. The lowest BCUT2D eigenvalue weighted by atomic mass is 10.0. The molecule has 8 heteroatoms. The highest BCUT2D eigenvalue weighted by molar-refractivity contribution is 5.90. The molecule has 1 aromatic heterocycles. The Kier molecular flexibility index (Phi) is 7.01. The van der Waals surface area contributed by atoms with Crippen LogP contribution < -0.4 is 23.8 Å². The molecule has 0 saturated carbocycles. The van der Waals surface area contributed by atoms with Gasteiger partial charge in [-0.05, 0) is 61.6 Å². The highest BCUT2D eigenvalue weighted by Gasteiger charge is 2.21. The molecule has 1 aliphatic rings. The highest BCUT2D eigenvalue weighted by atomic mass is 16.5. The van der Waals surface area contributed by atoms with E-state index in [0.29, 0.717) is 37.7 Å². The summed E-state index contributed by atoms with van der Waals surface area (Å²) in [6.07, 6.45) is 0. The van der Waals surface area contributed by atoms with Gasteiger partial charge >= 0.3 is 0 Å². The van der Waals surface area contributed by atoms with Crippen molar-refractivity contribution in [3.63, 3.8) is 0 Å². The van der Waals surface area contributed by atoms with Gasteiger partial charge in [-0.3, -0.25) is 0 Å². The zero-order chi connectivity index (χ0) is 25.9. The molecule has 2 heterocycles. The summed E-state index contributed by atoms with van der Waals surface area (Å²) in [6, 6.07) is 18.2. The molecule has 0 bridgehead atoms. The van der Waals surface area contributed by atoms with Crippen molar-refractivity contribution in [2.24, 2.45) is 0 Å². The van der Waals surface area contributed by atoms with Crippen molar-refractivity contribution in [1.29, 1.82) is 0 Å². The van der Waals surface area contributed by atoms with Gasteiger partial charge in [0.25, 0.3) is 0 Å². The van der Waals surface area contributed by atoms with Crippen LogP contribution in [0.1, 0.15) is 11.4 Å². The Morgan fingerprint density at radius 2 is 1.65 bits per heavy atom. The van der Waals surface area contributed by atoms with Crippen LogP contribution >= 0.6 is 0 Å². The van der Waals surface area contributed by atoms with E-state index in [1.165, 1.54) is 0 Å². The van der Waals surface area contributed by atoms with Crippen molar-refractivity contribution in [3.8, 4) is 34.1 Å². The summed E-state index contributed by atoms with van der Waals surface area (Å²) in [5, 5.41) is 0.989. The van der Waals surface area contributed by atoms with E-state index in [1.807, 2.05) is 56.6 Å². The number of aromatic nitrogens is 2. The van der Waals surface area contributed by atoms with Crippen LogP contribution in [0.4, 0.5) is 5.82 Å². The van der Waals surface area contributed by atoms with E-state index in [0.717, 1.165) is 50.7 Å². The van der Waals surface area contributed by atoms with Crippen LogP contribution in [0.5, 0.6) is 23.0 Å². The second-order valence-electron chi connectivity index (χ2n) is 9.25. The number of anilines is 1. The van der Waals surface area contributed by atoms with Crippen molar-refractivity contribution in [1.82, 2.24) is 14.9 Å². The van der Waals surface area contributed by atoms with Gasteiger partial charge in [0.05, 0.1) is 39.9 Å². The van der Waals surface area contributed by atoms with E-state index in [1.54, 1.807) is 21.3 Å². The van der Waals surface area contributed by atoms with Crippen LogP contribution in [0.15, 0.2) is 54.6 Å². The van der Waals surface area contributed by atoms with Crippen LogP contribution in [0.3, 0.4) is 0 Å². The average molecular weight is 501 g/mol. The quantitative estimate of drug-likeness (QED) is 0.359. The predicted octanol–water partition coefficient (Wildman–Crippen LogP) is 4.78. The smallest absolute Gasteiger partial charge is 0.161 e. The molecular weight excluding hydrogens is 468 g/mol. The maximum atomic E-state index is 6.16. The standard InChI is InChI=1S/C29H32N4O4/c1-32(2)18-28-30-24-16-22(34-3)8-9-23(24)29(31-28)33-12-13-37-25-10-6-19(14-21(25)17-33)20-7-11-26(35-4)27(15-20)36-5/h6-11,14-16H,12-13,17-18H2,1-5H3. The zero-order valence-electron chi connectivity index (χ0n) is 21.9. The molecule has 0 saturated heterocycles. The lowest BCUT2D eigenvalue weighted by molar-refractivity contribution is 0.331. The van der Waals surface area contributed by atoms with Crippen molar-refractivity contribution < 1.29 is 18.9 Å². The summed E-state index contributed by atoms with van der Waals surface area (Å²) in [5.74, 6) is 4.74. The Bertz CT molecular complexity index is 1420. The Morgan fingerprint density at radius 3 is 2.41 bits per heavy atom. The zero-order valence-corrected chi connectivity index (χ0v) is 21.9. The van der Waals surface area contributed by atoms with Gasteiger partial charge in [0, 0.05) is 23.6 Å². The molecule has 0 atom stereocenters. The largest absolute Gasteiger partial charge is 0.497 e. The second-order valence-corrected chi connectivity index (χ2v) is 9.25. The van der Waals surface area contributed by atoms with Gasteiger partial charge in [0.2, 0.25) is 0 Å². The monoisotopic (exact) mass is 500 g/mol. The summed E-state index contributed by atoms with van der Waals surface area (Å²) in [6.45, 7) is 2.58. The lowest BCUT2D eigenvalue weighted by Crippen LogP contribution is -2.27.